The van der Waals surface area contributed by atoms with E-state index in [2.05, 4.69) is 26.1 Å². The van der Waals surface area contributed by atoms with Gasteiger partial charge < -0.3 is 20.7 Å². The van der Waals surface area contributed by atoms with Crippen LogP contribution in [0, 0.1) is 4.77 Å². The Kier molecular flexibility index (Phi) is 7.39. The van der Waals surface area contributed by atoms with Crippen LogP contribution in [0.25, 0.3) is 11.4 Å². The fourth-order valence-corrected chi connectivity index (χ4v) is 3.16. The molecule has 0 saturated heterocycles. The van der Waals surface area contributed by atoms with Gasteiger partial charge in [0.2, 0.25) is 5.91 Å². The van der Waals surface area contributed by atoms with Crippen LogP contribution in [0.5, 0.6) is 5.75 Å². The maximum Gasteiger partial charge on any atom is 0.319 e. The number of aromatic amines is 1. The van der Waals surface area contributed by atoms with Crippen LogP contribution in [0.1, 0.15) is 13.3 Å². The number of carbonyl (C=O) groups excluding carboxylic acids is 2. The van der Waals surface area contributed by atoms with Gasteiger partial charge in [-0.25, -0.2) is 4.79 Å². The van der Waals surface area contributed by atoms with Crippen molar-refractivity contribution in [2.24, 2.45) is 0 Å². The summed E-state index contributed by atoms with van der Waals surface area (Å²) in [6.07, 6.45) is 0.199. The second-order valence-electron chi connectivity index (χ2n) is 6.60. The highest BCUT2D eigenvalue weighted by Crippen LogP contribution is 2.21. The first-order chi connectivity index (χ1) is 15.0. The molecular weight excluding hydrogens is 416 g/mol. The number of hydrogen-bond donors (Lipinski definition) is 4. The Morgan fingerprint density at radius 2 is 1.84 bits per heavy atom. The van der Waals surface area contributed by atoms with Gasteiger partial charge in [0.05, 0.1) is 7.11 Å². The molecule has 4 N–H and O–H groups in total. The number of carbonyl (C=O) groups is 2. The second kappa shape index (κ2) is 10.4. The van der Waals surface area contributed by atoms with E-state index in [1.807, 2.05) is 31.2 Å². The number of ether oxygens (including phenoxy) is 1. The summed E-state index contributed by atoms with van der Waals surface area (Å²) in [7, 11) is 1.61. The second-order valence-corrected chi connectivity index (χ2v) is 6.98. The number of methoxy groups -OCH3 is 1. The zero-order chi connectivity index (χ0) is 22.2. The van der Waals surface area contributed by atoms with E-state index in [9.17, 15) is 9.59 Å². The van der Waals surface area contributed by atoms with Gasteiger partial charge in [-0.05, 0) is 61.6 Å². The third kappa shape index (κ3) is 5.92. The number of benzene rings is 2. The predicted octanol–water partition coefficient (Wildman–Crippen LogP) is 3.79. The number of H-pyrrole nitrogens is 1. The minimum Gasteiger partial charge on any atom is -0.497 e. The van der Waals surface area contributed by atoms with E-state index in [0.717, 1.165) is 11.3 Å². The molecule has 3 amide bonds. The monoisotopic (exact) mass is 440 g/mol. The minimum absolute atomic E-state index is 0.182. The van der Waals surface area contributed by atoms with Crippen LogP contribution in [0.15, 0.2) is 48.5 Å². The Hall–Kier alpha value is -3.66. The first-order valence-electron chi connectivity index (χ1n) is 9.74. The lowest BCUT2D eigenvalue weighted by Gasteiger charge is -2.10. The van der Waals surface area contributed by atoms with E-state index in [0.29, 0.717) is 35.1 Å². The molecule has 0 aliphatic carbocycles. The molecule has 0 unspecified atom stereocenters. The van der Waals surface area contributed by atoms with E-state index >= 15 is 0 Å². The zero-order valence-electron chi connectivity index (χ0n) is 17.3. The maximum absolute atomic E-state index is 12.5. The maximum atomic E-state index is 12.5. The lowest BCUT2D eigenvalue weighted by atomic mass is 10.2. The Bertz CT molecular complexity index is 1110. The van der Waals surface area contributed by atoms with Crippen molar-refractivity contribution in [2.45, 2.75) is 19.9 Å². The van der Waals surface area contributed by atoms with E-state index in [1.54, 1.807) is 35.9 Å². The molecule has 0 atom stereocenters. The number of nitrogens with one attached hydrogen (secondary N) is 4. The predicted molar refractivity (Wildman–Crippen MR) is 122 cm³/mol. The molecule has 3 aromatic rings. The van der Waals surface area contributed by atoms with Crippen LogP contribution >= 0.6 is 12.2 Å². The van der Waals surface area contributed by atoms with Crippen LogP contribution < -0.4 is 20.7 Å². The van der Waals surface area contributed by atoms with Crippen molar-refractivity contribution in [2.75, 3.05) is 24.3 Å². The van der Waals surface area contributed by atoms with Crippen molar-refractivity contribution in [1.82, 2.24) is 20.1 Å². The van der Waals surface area contributed by atoms with Gasteiger partial charge in [0.25, 0.3) is 0 Å². The Morgan fingerprint density at radius 1 is 1.13 bits per heavy atom. The van der Waals surface area contributed by atoms with Gasteiger partial charge in [-0.2, -0.15) is 5.10 Å². The third-order valence-electron chi connectivity index (χ3n) is 4.41. The normalized spacial score (nSPS) is 10.4. The van der Waals surface area contributed by atoms with Gasteiger partial charge in [0.1, 0.15) is 5.75 Å². The van der Waals surface area contributed by atoms with Crippen LogP contribution in [0.3, 0.4) is 0 Å². The highest BCUT2D eigenvalue weighted by molar-refractivity contribution is 7.71. The molecule has 3 rings (SSSR count). The standard InChI is InChI=1S/C21H24N6O3S/c1-3-22-20(29)24-16-6-4-5-15(13-16)23-18(28)11-12-27-19(25-26-21(27)31)14-7-9-17(30-2)10-8-14/h4-10,13H,3,11-12H2,1-2H3,(H,23,28)(H,26,31)(H2,22,24,29). The third-order valence-corrected chi connectivity index (χ3v) is 4.72. The van der Waals surface area contributed by atoms with Crippen molar-refractivity contribution in [3.05, 3.63) is 53.3 Å². The molecule has 9 nitrogen and oxygen atoms in total. The van der Waals surface area contributed by atoms with Gasteiger partial charge >= 0.3 is 6.03 Å². The Morgan fingerprint density at radius 3 is 2.52 bits per heavy atom. The van der Waals surface area contributed by atoms with Gasteiger partial charge in [0, 0.05) is 36.4 Å². The summed E-state index contributed by atoms with van der Waals surface area (Å²) in [6, 6.07) is 14.1. The lowest BCUT2D eigenvalue weighted by molar-refractivity contribution is -0.116. The number of urea groups is 1. The van der Waals surface area contributed by atoms with Gasteiger partial charge in [0.15, 0.2) is 10.6 Å². The average Bonchev–Trinajstić information content (AvgIpc) is 3.13. The molecule has 1 heterocycles. The average molecular weight is 441 g/mol. The van der Waals surface area contributed by atoms with Crippen molar-refractivity contribution in [3.8, 4) is 17.1 Å². The van der Waals surface area contributed by atoms with E-state index < -0.39 is 0 Å². The summed E-state index contributed by atoms with van der Waals surface area (Å²) in [5.41, 5.74) is 2.03. The molecule has 31 heavy (non-hydrogen) atoms. The molecule has 0 aliphatic heterocycles. The molecule has 0 bridgehead atoms. The molecule has 10 heteroatoms. The summed E-state index contributed by atoms with van der Waals surface area (Å²) in [5, 5.41) is 15.3. The number of aromatic nitrogens is 3. The fraction of sp³-hybridized carbons (Fsp3) is 0.238. The topological polar surface area (TPSA) is 113 Å². The van der Waals surface area contributed by atoms with Crippen molar-refractivity contribution in [3.63, 3.8) is 0 Å². The number of hydrogen-bond acceptors (Lipinski definition) is 5. The van der Waals surface area contributed by atoms with Gasteiger partial charge in [-0.3, -0.25) is 14.5 Å². The van der Waals surface area contributed by atoms with E-state index in [4.69, 9.17) is 17.0 Å². The van der Waals surface area contributed by atoms with Gasteiger partial charge in [-0.15, -0.1) is 0 Å². The molecule has 0 radical (unpaired) electrons. The van der Waals surface area contributed by atoms with E-state index in [1.165, 1.54) is 0 Å². The summed E-state index contributed by atoms with van der Waals surface area (Å²) < 4.78 is 7.40. The number of anilines is 2. The fourth-order valence-electron chi connectivity index (χ4n) is 2.93. The molecule has 0 aliphatic rings. The molecule has 0 spiro atoms. The highest BCUT2D eigenvalue weighted by Gasteiger charge is 2.11. The summed E-state index contributed by atoms with van der Waals surface area (Å²) >= 11 is 5.32. The number of amides is 3. The number of nitrogens with zero attached hydrogens (tertiary/aromatic N) is 2. The van der Waals surface area contributed by atoms with Crippen LogP contribution in [-0.4, -0.2) is 40.4 Å². The van der Waals surface area contributed by atoms with E-state index in [-0.39, 0.29) is 18.4 Å². The van der Waals surface area contributed by atoms with Crippen molar-refractivity contribution in [1.29, 1.82) is 0 Å². The molecular formula is C21H24N6O3S. The lowest BCUT2D eigenvalue weighted by Crippen LogP contribution is -2.28. The first kappa shape index (κ1) is 22.0. The zero-order valence-corrected chi connectivity index (χ0v) is 18.1. The SMILES string of the molecule is CCNC(=O)Nc1cccc(NC(=O)CCn2c(-c3ccc(OC)cc3)n[nH]c2=S)c1. The van der Waals surface area contributed by atoms with Crippen molar-refractivity contribution >= 4 is 35.5 Å². The summed E-state index contributed by atoms with van der Waals surface area (Å²) in [6.45, 7) is 2.72. The molecule has 0 fully saturated rings. The quantitative estimate of drug-likeness (QED) is 0.398. The van der Waals surface area contributed by atoms with Crippen LogP contribution in [0.2, 0.25) is 0 Å². The van der Waals surface area contributed by atoms with Crippen molar-refractivity contribution < 1.29 is 14.3 Å². The smallest absolute Gasteiger partial charge is 0.319 e. The Labute approximate surface area is 184 Å². The van der Waals surface area contributed by atoms with Gasteiger partial charge in [-0.1, -0.05) is 6.07 Å². The summed E-state index contributed by atoms with van der Waals surface area (Å²) in [5.74, 6) is 1.21. The van der Waals surface area contributed by atoms with Crippen LogP contribution in [-0.2, 0) is 11.3 Å². The highest BCUT2D eigenvalue weighted by atomic mass is 32.1. The summed E-state index contributed by atoms with van der Waals surface area (Å²) in [4.78, 5) is 24.1. The molecule has 162 valence electrons. The number of rotatable bonds is 8. The largest absolute Gasteiger partial charge is 0.497 e. The van der Waals surface area contributed by atoms with Crippen LogP contribution in [0.4, 0.5) is 16.2 Å². The minimum atomic E-state index is -0.300. The molecule has 0 saturated carbocycles. The Balaban J connectivity index is 1.63. The molecule has 2 aromatic carbocycles. The molecule has 1 aromatic heterocycles. The first-order valence-corrected chi connectivity index (χ1v) is 10.2.